The number of hydrogen-bond acceptors (Lipinski definition) is 3. The van der Waals surface area contributed by atoms with Gasteiger partial charge in [0, 0.05) is 17.5 Å². The van der Waals surface area contributed by atoms with Gasteiger partial charge in [0.05, 0.1) is 11.3 Å². The molecule has 4 nitrogen and oxygen atoms in total. The topological polar surface area (TPSA) is 68.0 Å². The van der Waals surface area contributed by atoms with Crippen LogP contribution in [0.4, 0.5) is 10.1 Å². The van der Waals surface area contributed by atoms with Crippen molar-refractivity contribution in [1.82, 2.24) is 4.98 Å². The highest BCUT2D eigenvalue weighted by Gasteiger charge is 2.12. The number of carbonyl (C=O) groups is 1. The number of carbonyl (C=O) groups excluding carboxylic acids is 1. The minimum Gasteiger partial charge on any atom is -0.389 e. The summed E-state index contributed by atoms with van der Waals surface area (Å²) in [5, 5.41) is 2.50. The molecular weight excluding hydrogens is 277 g/mol. The summed E-state index contributed by atoms with van der Waals surface area (Å²) in [4.78, 5) is 16.2. The molecule has 0 saturated heterocycles. The normalized spacial score (nSPS) is 10.1. The zero-order chi connectivity index (χ0) is 14.7. The molecule has 2 rings (SSSR count). The number of hydrogen-bond donors (Lipinski definition) is 2. The SMILES string of the molecule is Cc1ncccc1C(=O)Nc1ccc(C(N)=S)cc1F. The fraction of sp³-hybridized carbons (Fsp3) is 0.0714. The van der Waals surface area contributed by atoms with E-state index in [9.17, 15) is 9.18 Å². The molecule has 20 heavy (non-hydrogen) atoms. The molecule has 1 amide bonds. The van der Waals surface area contributed by atoms with Gasteiger partial charge in [-0.05, 0) is 37.3 Å². The van der Waals surface area contributed by atoms with Crippen LogP contribution in [0.2, 0.25) is 0 Å². The maximum Gasteiger partial charge on any atom is 0.257 e. The Balaban J connectivity index is 2.25. The number of nitrogens with one attached hydrogen (secondary N) is 1. The summed E-state index contributed by atoms with van der Waals surface area (Å²) < 4.78 is 13.8. The standard InChI is InChI=1S/C14H12FN3OS/c1-8-10(3-2-6-17-8)14(19)18-12-5-4-9(13(16)20)7-11(12)15/h2-7H,1H3,(H2,16,20)(H,18,19). The highest BCUT2D eigenvalue weighted by molar-refractivity contribution is 7.80. The molecular formula is C14H12FN3OS. The van der Waals surface area contributed by atoms with Crippen LogP contribution in [0.5, 0.6) is 0 Å². The van der Waals surface area contributed by atoms with E-state index in [0.717, 1.165) is 0 Å². The number of halogens is 1. The van der Waals surface area contributed by atoms with E-state index in [4.69, 9.17) is 18.0 Å². The van der Waals surface area contributed by atoms with Crippen LogP contribution in [0.25, 0.3) is 0 Å². The van der Waals surface area contributed by atoms with Crippen molar-refractivity contribution in [1.29, 1.82) is 0 Å². The fourth-order valence-corrected chi connectivity index (χ4v) is 1.81. The molecule has 1 heterocycles. The second kappa shape index (κ2) is 5.75. The van der Waals surface area contributed by atoms with Crippen molar-refractivity contribution in [2.75, 3.05) is 5.32 Å². The molecule has 0 bridgehead atoms. The molecule has 0 radical (unpaired) electrons. The first-order valence-electron chi connectivity index (χ1n) is 5.81. The van der Waals surface area contributed by atoms with Crippen molar-refractivity contribution in [3.05, 3.63) is 59.2 Å². The number of amides is 1. The molecule has 1 aromatic heterocycles. The quantitative estimate of drug-likeness (QED) is 0.852. The summed E-state index contributed by atoms with van der Waals surface area (Å²) in [6.07, 6.45) is 1.59. The van der Waals surface area contributed by atoms with Gasteiger partial charge in [-0.15, -0.1) is 0 Å². The van der Waals surface area contributed by atoms with E-state index in [1.54, 1.807) is 31.3 Å². The van der Waals surface area contributed by atoms with Crippen LogP contribution in [0, 0.1) is 12.7 Å². The van der Waals surface area contributed by atoms with Gasteiger partial charge in [-0.2, -0.15) is 0 Å². The second-order valence-electron chi connectivity index (χ2n) is 4.15. The Morgan fingerprint density at radius 2 is 2.15 bits per heavy atom. The summed E-state index contributed by atoms with van der Waals surface area (Å²) in [7, 11) is 0. The van der Waals surface area contributed by atoms with Crippen LogP contribution >= 0.6 is 12.2 Å². The summed E-state index contributed by atoms with van der Waals surface area (Å²) in [6, 6.07) is 7.44. The number of aryl methyl sites for hydroxylation is 1. The van der Waals surface area contributed by atoms with E-state index in [-0.39, 0.29) is 10.7 Å². The molecule has 0 unspecified atom stereocenters. The maximum absolute atomic E-state index is 13.8. The lowest BCUT2D eigenvalue weighted by Crippen LogP contribution is -2.16. The zero-order valence-corrected chi connectivity index (χ0v) is 11.5. The average Bonchev–Trinajstić information content (AvgIpc) is 2.41. The third-order valence-electron chi connectivity index (χ3n) is 2.75. The lowest BCUT2D eigenvalue weighted by atomic mass is 10.1. The molecule has 1 aromatic carbocycles. The summed E-state index contributed by atoms with van der Waals surface area (Å²) in [6.45, 7) is 1.71. The van der Waals surface area contributed by atoms with Gasteiger partial charge in [0.25, 0.3) is 5.91 Å². The first kappa shape index (κ1) is 14.1. The van der Waals surface area contributed by atoms with Crippen molar-refractivity contribution >= 4 is 28.8 Å². The number of nitrogens with zero attached hydrogens (tertiary/aromatic N) is 1. The van der Waals surface area contributed by atoms with Crippen molar-refractivity contribution in [3.63, 3.8) is 0 Å². The van der Waals surface area contributed by atoms with Gasteiger partial charge in [-0.3, -0.25) is 9.78 Å². The van der Waals surface area contributed by atoms with Crippen molar-refractivity contribution in [3.8, 4) is 0 Å². The van der Waals surface area contributed by atoms with Crippen LogP contribution in [0.1, 0.15) is 21.6 Å². The lowest BCUT2D eigenvalue weighted by molar-refractivity contribution is 0.102. The van der Waals surface area contributed by atoms with E-state index in [2.05, 4.69) is 10.3 Å². The lowest BCUT2D eigenvalue weighted by Gasteiger charge is -2.09. The summed E-state index contributed by atoms with van der Waals surface area (Å²) in [5.41, 5.74) is 6.86. The van der Waals surface area contributed by atoms with Gasteiger partial charge in [0.15, 0.2) is 0 Å². The van der Waals surface area contributed by atoms with E-state index in [1.807, 2.05) is 0 Å². The molecule has 0 saturated carbocycles. The second-order valence-corrected chi connectivity index (χ2v) is 4.59. The first-order chi connectivity index (χ1) is 9.49. The molecule has 2 aromatic rings. The fourth-order valence-electron chi connectivity index (χ4n) is 1.68. The predicted molar refractivity (Wildman–Crippen MR) is 79.2 cm³/mol. The Morgan fingerprint density at radius 3 is 2.75 bits per heavy atom. The highest BCUT2D eigenvalue weighted by Crippen LogP contribution is 2.17. The Hall–Kier alpha value is -2.34. The number of aromatic nitrogens is 1. The van der Waals surface area contributed by atoms with Gasteiger partial charge >= 0.3 is 0 Å². The highest BCUT2D eigenvalue weighted by atomic mass is 32.1. The smallest absolute Gasteiger partial charge is 0.257 e. The number of nitrogens with two attached hydrogens (primary N) is 1. The average molecular weight is 289 g/mol. The Labute approximate surface area is 120 Å². The monoisotopic (exact) mass is 289 g/mol. The van der Waals surface area contributed by atoms with Gasteiger partial charge in [0.1, 0.15) is 10.8 Å². The van der Waals surface area contributed by atoms with E-state index in [0.29, 0.717) is 16.8 Å². The Morgan fingerprint density at radius 1 is 1.40 bits per heavy atom. The molecule has 0 atom stereocenters. The van der Waals surface area contributed by atoms with E-state index >= 15 is 0 Å². The van der Waals surface area contributed by atoms with Gasteiger partial charge < -0.3 is 11.1 Å². The Bertz CT molecular complexity index is 688. The first-order valence-corrected chi connectivity index (χ1v) is 6.22. The summed E-state index contributed by atoms with van der Waals surface area (Å²) in [5.74, 6) is -1.01. The van der Waals surface area contributed by atoms with Gasteiger partial charge in [-0.1, -0.05) is 12.2 Å². The maximum atomic E-state index is 13.8. The van der Waals surface area contributed by atoms with Crippen molar-refractivity contribution in [2.45, 2.75) is 6.92 Å². The molecule has 6 heteroatoms. The number of benzene rings is 1. The largest absolute Gasteiger partial charge is 0.389 e. The molecule has 102 valence electrons. The molecule has 0 aliphatic rings. The van der Waals surface area contributed by atoms with Crippen molar-refractivity contribution < 1.29 is 9.18 Å². The van der Waals surface area contributed by atoms with Gasteiger partial charge in [0.2, 0.25) is 0 Å². The molecule has 0 aliphatic heterocycles. The summed E-state index contributed by atoms with van der Waals surface area (Å²) >= 11 is 4.76. The number of thiocarbonyl (C=S) groups is 1. The van der Waals surface area contributed by atoms with Crippen molar-refractivity contribution in [2.24, 2.45) is 5.73 Å². The van der Waals surface area contributed by atoms with Crippen LogP contribution in [0.15, 0.2) is 36.5 Å². The van der Waals surface area contributed by atoms with Crippen LogP contribution in [-0.2, 0) is 0 Å². The molecule has 3 N–H and O–H groups in total. The van der Waals surface area contributed by atoms with Gasteiger partial charge in [-0.25, -0.2) is 4.39 Å². The van der Waals surface area contributed by atoms with Crippen LogP contribution in [0.3, 0.4) is 0 Å². The Kier molecular flexibility index (Phi) is 4.05. The third kappa shape index (κ3) is 2.97. The molecule has 0 aliphatic carbocycles. The number of pyridine rings is 1. The molecule has 0 spiro atoms. The molecule has 0 fully saturated rings. The van der Waals surface area contributed by atoms with Crippen LogP contribution < -0.4 is 11.1 Å². The minimum absolute atomic E-state index is 0.0678. The number of rotatable bonds is 3. The third-order valence-corrected chi connectivity index (χ3v) is 2.99. The zero-order valence-electron chi connectivity index (χ0n) is 10.7. The van der Waals surface area contributed by atoms with E-state index in [1.165, 1.54) is 12.1 Å². The number of anilines is 1. The predicted octanol–water partition coefficient (Wildman–Crippen LogP) is 2.42. The minimum atomic E-state index is -0.592. The van der Waals surface area contributed by atoms with E-state index < -0.39 is 11.7 Å². The van der Waals surface area contributed by atoms with Crippen LogP contribution in [-0.4, -0.2) is 15.9 Å².